The molecule has 1 saturated heterocycles. The molecule has 3 atom stereocenters. The summed E-state index contributed by atoms with van der Waals surface area (Å²) in [4.78, 5) is 14.8. The lowest BCUT2D eigenvalue weighted by molar-refractivity contribution is 0.0150. The molecule has 1 saturated carbocycles. The number of amides is 1. The van der Waals surface area contributed by atoms with Gasteiger partial charge in [-0.05, 0) is 63.6 Å². The molecular weight excluding hydrogens is 330 g/mol. The van der Waals surface area contributed by atoms with Gasteiger partial charge in [0, 0.05) is 6.54 Å². The molecule has 2 fully saturated rings. The third kappa shape index (κ3) is 5.00. The molecule has 146 valence electrons. The maximum atomic E-state index is 12.8. The number of hydrogen-bond acceptors (Lipinski definition) is 3. The summed E-state index contributed by atoms with van der Waals surface area (Å²) in [5.41, 5.74) is -0.449. The number of ether oxygens (including phenoxy) is 1. The van der Waals surface area contributed by atoms with E-state index in [0.717, 1.165) is 6.54 Å². The van der Waals surface area contributed by atoms with Crippen LogP contribution in [0.25, 0.3) is 0 Å². The predicted molar refractivity (Wildman–Crippen MR) is 105 cm³/mol. The van der Waals surface area contributed by atoms with Gasteiger partial charge in [-0.25, -0.2) is 4.79 Å². The molecule has 0 bridgehead atoms. The minimum absolute atomic E-state index is 0.161. The molecule has 1 aliphatic carbocycles. The second-order valence-electron chi connectivity index (χ2n) is 10.5. The minimum Gasteiger partial charge on any atom is -0.444 e. The Hall–Kier alpha value is -0.553. The van der Waals surface area contributed by atoms with Crippen molar-refractivity contribution in [3.63, 3.8) is 0 Å². The average molecular weight is 370 g/mol. The fourth-order valence-electron chi connectivity index (χ4n) is 3.84. The van der Waals surface area contributed by atoms with Crippen LogP contribution in [-0.4, -0.2) is 44.1 Å². The molecule has 0 spiro atoms. The standard InChI is InChI=1S/C20H39NO3Si/c1-19(2,3)24-18(22)21-13-15-11-9-10-12-16(15)17(21)14-23-25(7,8)20(4,5)6/h15-17H,9-14H2,1-8H3/t15?,16?,17-/m1/s1. The van der Waals surface area contributed by atoms with Crippen LogP contribution in [0.5, 0.6) is 0 Å². The number of fused-ring (bicyclic) bond motifs is 1. The molecule has 0 aromatic rings. The fraction of sp³-hybridized carbons (Fsp3) is 0.950. The fourth-order valence-corrected chi connectivity index (χ4v) is 4.86. The SMILES string of the molecule is CC(C)(C)OC(=O)N1CC2CCCCC2[C@H]1CO[Si](C)(C)C(C)(C)C. The van der Waals surface area contributed by atoms with Crippen LogP contribution < -0.4 is 0 Å². The molecule has 0 aromatic carbocycles. The van der Waals surface area contributed by atoms with Crippen molar-refractivity contribution in [2.75, 3.05) is 13.2 Å². The van der Waals surface area contributed by atoms with Crippen molar-refractivity contribution in [2.45, 2.75) is 97.0 Å². The summed E-state index contributed by atoms with van der Waals surface area (Å²) >= 11 is 0. The summed E-state index contributed by atoms with van der Waals surface area (Å²) in [5, 5.41) is 0.189. The number of hydrogen-bond donors (Lipinski definition) is 0. The van der Waals surface area contributed by atoms with Crippen LogP contribution in [-0.2, 0) is 9.16 Å². The third-order valence-electron chi connectivity index (χ3n) is 6.34. The molecule has 2 aliphatic rings. The van der Waals surface area contributed by atoms with Crippen molar-refractivity contribution in [1.82, 2.24) is 4.90 Å². The first-order valence-corrected chi connectivity index (χ1v) is 12.9. The van der Waals surface area contributed by atoms with Gasteiger partial charge in [0.15, 0.2) is 8.32 Å². The van der Waals surface area contributed by atoms with E-state index in [1.165, 1.54) is 25.7 Å². The van der Waals surface area contributed by atoms with Crippen LogP contribution in [0.2, 0.25) is 18.1 Å². The number of carbonyl (C=O) groups excluding carboxylic acids is 1. The van der Waals surface area contributed by atoms with Gasteiger partial charge in [0.05, 0.1) is 12.6 Å². The van der Waals surface area contributed by atoms with Gasteiger partial charge in [0.2, 0.25) is 0 Å². The quantitative estimate of drug-likeness (QED) is 0.622. The van der Waals surface area contributed by atoms with Crippen molar-refractivity contribution in [3.05, 3.63) is 0 Å². The number of nitrogens with zero attached hydrogens (tertiary/aromatic N) is 1. The first kappa shape index (κ1) is 20.8. The largest absolute Gasteiger partial charge is 0.444 e. The number of likely N-dealkylation sites (tertiary alicyclic amines) is 1. The van der Waals surface area contributed by atoms with E-state index in [1.54, 1.807) is 0 Å². The molecular formula is C20H39NO3Si. The highest BCUT2D eigenvalue weighted by atomic mass is 28.4. The Bertz CT molecular complexity index is 478. The third-order valence-corrected chi connectivity index (χ3v) is 10.8. The Balaban J connectivity index is 2.13. The zero-order chi connectivity index (χ0) is 19.0. The highest BCUT2D eigenvalue weighted by Crippen LogP contribution is 2.43. The molecule has 4 nitrogen and oxygen atoms in total. The van der Waals surface area contributed by atoms with Crippen molar-refractivity contribution in [1.29, 1.82) is 0 Å². The van der Waals surface area contributed by atoms with E-state index in [0.29, 0.717) is 18.4 Å². The number of carbonyl (C=O) groups is 1. The normalized spacial score (nSPS) is 28.0. The first-order valence-electron chi connectivity index (χ1n) is 9.95. The van der Waals surface area contributed by atoms with E-state index in [-0.39, 0.29) is 17.2 Å². The molecule has 2 rings (SSSR count). The predicted octanol–water partition coefficient (Wildman–Crippen LogP) is 5.43. The van der Waals surface area contributed by atoms with Gasteiger partial charge in [-0.1, -0.05) is 33.6 Å². The van der Waals surface area contributed by atoms with Crippen molar-refractivity contribution in [2.24, 2.45) is 11.8 Å². The summed E-state index contributed by atoms with van der Waals surface area (Å²) in [6, 6.07) is 0.175. The van der Waals surface area contributed by atoms with E-state index in [9.17, 15) is 4.79 Å². The molecule has 5 heteroatoms. The van der Waals surface area contributed by atoms with Crippen molar-refractivity contribution < 1.29 is 14.0 Å². The summed E-state index contributed by atoms with van der Waals surface area (Å²) in [7, 11) is -1.82. The van der Waals surface area contributed by atoms with Gasteiger partial charge < -0.3 is 14.1 Å². The Morgan fingerprint density at radius 1 is 1.08 bits per heavy atom. The monoisotopic (exact) mass is 369 g/mol. The molecule has 1 heterocycles. The van der Waals surface area contributed by atoms with Gasteiger partial charge >= 0.3 is 6.09 Å². The zero-order valence-electron chi connectivity index (χ0n) is 17.6. The summed E-state index contributed by atoms with van der Waals surface area (Å²) < 4.78 is 12.2. The van der Waals surface area contributed by atoms with Crippen LogP contribution in [0.4, 0.5) is 4.79 Å². The van der Waals surface area contributed by atoms with E-state index >= 15 is 0 Å². The summed E-state index contributed by atoms with van der Waals surface area (Å²) in [5.74, 6) is 1.19. The second-order valence-corrected chi connectivity index (χ2v) is 15.3. The molecule has 1 aliphatic heterocycles. The van der Waals surface area contributed by atoms with Gasteiger partial charge in [0.25, 0.3) is 0 Å². The summed E-state index contributed by atoms with van der Waals surface area (Å²) in [6.45, 7) is 18.7. The molecule has 0 aromatic heterocycles. The lowest BCUT2D eigenvalue weighted by Gasteiger charge is -2.39. The maximum absolute atomic E-state index is 12.8. The lowest BCUT2D eigenvalue weighted by atomic mass is 9.79. The lowest BCUT2D eigenvalue weighted by Crippen LogP contribution is -2.48. The van der Waals surface area contributed by atoms with Crippen LogP contribution in [0, 0.1) is 11.8 Å². The highest BCUT2D eigenvalue weighted by Gasteiger charge is 2.47. The van der Waals surface area contributed by atoms with E-state index in [2.05, 4.69) is 33.9 Å². The smallest absolute Gasteiger partial charge is 0.410 e. The molecule has 25 heavy (non-hydrogen) atoms. The highest BCUT2D eigenvalue weighted by molar-refractivity contribution is 6.74. The van der Waals surface area contributed by atoms with Crippen molar-refractivity contribution >= 4 is 14.4 Å². The Morgan fingerprint density at radius 3 is 2.24 bits per heavy atom. The van der Waals surface area contributed by atoms with Crippen LogP contribution >= 0.6 is 0 Å². The topological polar surface area (TPSA) is 38.8 Å². The Kier molecular flexibility index (Phi) is 6.00. The second kappa shape index (κ2) is 7.22. The zero-order valence-corrected chi connectivity index (χ0v) is 18.6. The summed E-state index contributed by atoms with van der Waals surface area (Å²) in [6.07, 6.45) is 4.86. The Morgan fingerprint density at radius 2 is 1.68 bits per heavy atom. The molecule has 0 radical (unpaired) electrons. The average Bonchev–Trinajstić information content (AvgIpc) is 2.81. The number of rotatable bonds is 3. The van der Waals surface area contributed by atoms with Gasteiger partial charge in [-0.3, -0.25) is 0 Å². The van der Waals surface area contributed by atoms with E-state index < -0.39 is 13.9 Å². The molecule has 1 amide bonds. The van der Waals surface area contributed by atoms with E-state index in [1.807, 2.05) is 25.7 Å². The molecule has 2 unspecified atom stereocenters. The maximum Gasteiger partial charge on any atom is 0.410 e. The Labute approximate surface area is 155 Å². The van der Waals surface area contributed by atoms with Crippen molar-refractivity contribution in [3.8, 4) is 0 Å². The van der Waals surface area contributed by atoms with Gasteiger partial charge in [0.1, 0.15) is 5.60 Å². The van der Waals surface area contributed by atoms with Gasteiger partial charge in [-0.15, -0.1) is 0 Å². The first-order chi connectivity index (χ1) is 11.3. The van der Waals surface area contributed by atoms with Crippen LogP contribution in [0.3, 0.4) is 0 Å². The van der Waals surface area contributed by atoms with E-state index in [4.69, 9.17) is 9.16 Å². The van der Waals surface area contributed by atoms with Crippen LogP contribution in [0.1, 0.15) is 67.2 Å². The molecule has 0 N–H and O–H groups in total. The van der Waals surface area contributed by atoms with Crippen LogP contribution in [0.15, 0.2) is 0 Å². The minimum atomic E-state index is -1.82. The van der Waals surface area contributed by atoms with Gasteiger partial charge in [-0.2, -0.15) is 0 Å².